The van der Waals surface area contributed by atoms with Crippen molar-refractivity contribution >= 4 is 34.3 Å². The number of rotatable bonds is 6. The number of ether oxygens (including phenoxy) is 2. The number of nitrogens with one attached hydrogen (secondary N) is 2. The summed E-state index contributed by atoms with van der Waals surface area (Å²) in [5.41, 5.74) is 5.70. The van der Waals surface area contributed by atoms with Gasteiger partial charge in [0.05, 0.1) is 18.3 Å². The number of benzene rings is 3. The van der Waals surface area contributed by atoms with Gasteiger partial charge in [-0.2, -0.15) is 0 Å². The Kier molecular flexibility index (Phi) is 6.73. The Balaban J connectivity index is 1.64. The number of fused-ring (bicyclic) bond motifs is 1. The van der Waals surface area contributed by atoms with Crippen LogP contribution >= 0.6 is 0 Å². The van der Waals surface area contributed by atoms with Gasteiger partial charge in [0.1, 0.15) is 5.75 Å². The molecule has 4 aromatic rings. The zero-order chi connectivity index (χ0) is 24.1. The van der Waals surface area contributed by atoms with Crippen LogP contribution in [0.25, 0.3) is 22.2 Å². The van der Waals surface area contributed by atoms with Gasteiger partial charge in [0.15, 0.2) is 6.61 Å². The van der Waals surface area contributed by atoms with E-state index in [0.717, 1.165) is 22.4 Å². The topological polar surface area (TPSA) is 89.6 Å². The molecule has 4 rings (SSSR count). The summed E-state index contributed by atoms with van der Waals surface area (Å²) >= 11 is 0. The number of hydrogen-bond donors (Lipinski definition) is 2. The summed E-state index contributed by atoms with van der Waals surface area (Å²) in [6.07, 6.45) is 0. The van der Waals surface area contributed by atoms with Crippen LogP contribution in [0.3, 0.4) is 0 Å². The maximum Gasteiger partial charge on any atom is 0.343 e. The molecule has 7 heteroatoms. The molecule has 2 N–H and O–H groups in total. The Bertz CT molecular complexity index is 1350. The van der Waals surface area contributed by atoms with Gasteiger partial charge in [-0.1, -0.05) is 48.0 Å². The molecule has 7 nitrogen and oxygen atoms in total. The van der Waals surface area contributed by atoms with Crippen LogP contribution in [-0.4, -0.2) is 30.7 Å². The summed E-state index contributed by atoms with van der Waals surface area (Å²) in [6, 6.07) is 22.3. The van der Waals surface area contributed by atoms with Crippen LogP contribution < -0.4 is 15.4 Å². The molecule has 0 unspecified atom stereocenters. The molecular formula is C27H25N3O4. The van der Waals surface area contributed by atoms with Crippen molar-refractivity contribution in [1.82, 2.24) is 4.98 Å². The average Bonchev–Trinajstić information content (AvgIpc) is 2.84. The van der Waals surface area contributed by atoms with E-state index in [2.05, 4.69) is 10.6 Å². The van der Waals surface area contributed by atoms with Crippen LogP contribution in [-0.2, 0) is 9.53 Å². The van der Waals surface area contributed by atoms with Gasteiger partial charge < -0.3 is 20.1 Å². The summed E-state index contributed by atoms with van der Waals surface area (Å²) < 4.78 is 10.5. The summed E-state index contributed by atoms with van der Waals surface area (Å²) in [5, 5.41) is 6.38. The van der Waals surface area contributed by atoms with E-state index in [-0.39, 0.29) is 12.6 Å². The Morgan fingerprint density at radius 1 is 0.912 bits per heavy atom. The number of aryl methyl sites for hydroxylation is 2. The fourth-order valence-corrected chi connectivity index (χ4v) is 3.58. The van der Waals surface area contributed by atoms with Crippen molar-refractivity contribution in [2.24, 2.45) is 0 Å². The monoisotopic (exact) mass is 455 g/mol. The first-order valence-electron chi connectivity index (χ1n) is 10.8. The number of carbonyl (C=O) groups excluding carboxylic acids is 2. The molecule has 0 spiro atoms. The highest BCUT2D eigenvalue weighted by molar-refractivity contribution is 6.02. The lowest BCUT2D eigenvalue weighted by Crippen LogP contribution is -2.20. The van der Waals surface area contributed by atoms with E-state index in [4.69, 9.17) is 14.5 Å². The van der Waals surface area contributed by atoms with Crippen LogP contribution in [0.5, 0.6) is 5.75 Å². The van der Waals surface area contributed by atoms with Gasteiger partial charge in [-0.3, -0.25) is 0 Å². The average molecular weight is 456 g/mol. The quantitative estimate of drug-likeness (QED) is 0.363. The SMILES string of the molecule is COC(=O)COc1cc(-c2ccccc2)nc2ccc(NC(=O)Nc3ccc(C)cc3C)cc12. The molecule has 0 bridgehead atoms. The lowest BCUT2D eigenvalue weighted by Gasteiger charge is -2.14. The number of methoxy groups -OCH3 is 1. The first-order valence-corrected chi connectivity index (χ1v) is 10.8. The second-order valence-electron chi connectivity index (χ2n) is 7.87. The number of carbonyl (C=O) groups is 2. The predicted octanol–water partition coefficient (Wildman–Crippen LogP) is 5.71. The fourth-order valence-electron chi connectivity index (χ4n) is 3.58. The van der Waals surface area contributed by atoms with Gasteiger partial charge >= 0.3 is 12.0 Å². The van der Waals surface area contributed by atoms with E-state index in [1.54, 1.807) is 24.3 Å². The van der Waals surface area contributed by atoms with Gasteiger partial charge in [0.25, 0.3) is 0 Å². The molecule has 0 aliphatic carbocycles. The molecule has 172 valence electrons. The Labute approximate surface area is 197 Å². The van der Waals surface area contributed by atoms with Crippen molar-refractivity contribution in [2.75, 3.05) is 24.4 Å². The van der Waals surface area contributed by atoms with Crippen LogP contribution in [0.1, 0.15) is 11.1 Å². The second-order valence-corrected chi connectivity index (χ2v) is 7.87. The minimum atomic E-state index is -0.492. The molecule has 2 amide bonds. The number of urea groups is 1. The highest BCUT2D eigenvalue weighted by Gasteiger charge is 2.13. The Morgan fingerprint density at radius 3 is 2.44 bits per heavy atom. The number of pyridine rings is 1. The first-order chi connectivity index (χ1) is 16.4. The van der Waals surface area contributed by atoms with Crippen molar-refractivity contribution in [3.63, 3.8) is 0 Å². The van der Waals surface area contributed by atoms with Crippen LogP contribution in [0.15, 0.2) is 72.8 Å². The van der Waals surface area contributed by atoms with Crippen LogP contribution in [0, 0.1) is 13.8 Å². The van der Waals surface area contributed by atoms with Crippen molar-refractivity contribution in [3.05, 3.63) is 83.9 Å². The summed E-state index contributed by atoms with van der Waals surface area (Å²) in [6.45, 7) is 3.71. The van der Waals surface area contributed by atoms with Gasteiger partial charge in [0.2, 0.25) is 0 Å². The Hall–Kier alpha value is -4.39. The fraction of sp³-hybridized carbons (Fsp3) is 0.148. The van der Waals surface area contributed by atoms with E-state index >= 15 is 0 Å². The van der Waals surface area contributed by atoms with Crippen LogP contribution in [0.2, 0.25) is 0 Å². The van der Waals surface area contributed by atoms with Crippen molar-refractivity contribution in [2.45, 2.75) is 13.8 Å². The third-order valence-corrected chi connectivity index (χ3v) is 5.30. The molecule has 0 aliphatic heterocycles. The number of nitrogens with zero attached hydrogens (tertiary/aromatic N) is 1. The van der Waals surface area contributed by atoms with E-state index in [1.807, 2.05) is 62.4 Å². The van der Waals surface area contributed by atoms with E-state index in [0.29, 0.717) is 28.0 Å². The van der Waals surface area contributed by atoms with E-state index in [1.165, 1.54) is 7.11 Å². The largest absolute Gasteiger partial charge is 0.481 e. The molecular weight excluding hydrogens is 430 g/mol. The minimum absolute atomic E-state index is 0.241. The number of esters is 1. The summed E-state index contributed by atoms with van der Waals surface area (Å²) in [7, 11) is 1.31. The molecule has 1 heterocycles. The molecule has 0 radical (unpaired) electrons. The van der Waals surface area contributed by atoms with Gasteiger partial charge in [0, 0.05) is 28.4 Å². The van der Waals surface area contributed by atoms with Gasteiger partial charge in [-0.05, 0) is 43.7 Å². The standard InChI is InChI=1S/C27H25N3O4/c1-17-9-11-22(18(2)13-17)30-27(32)28-20-10-12-23-21(14-20)25(34-16-26(31)33-3)15-24(29-23)19-7-5-4-6-8-19/h4-15H,16H2,1-3H3,(H2,28,30,32). The maximum atomic E-state index is 12.6. The highest BCUT2D eigenvalue weighted by Crippen LogP contribution is 2.32. The molecule has 3 aromatic carbocycles. The molecule has 0 saturated carbocycles. The molecule has 0 saturated heterocycles. The molecule has 0 fully saturated rings. The predicted molar refractivity (Wildman–Crippen MR) is 133 cm³/mol. The van der Waals surface area contributed by atoms with Gasteiger partial charge in [-0.25, -0.2) is 14.6 Å². The minimum Gasteiger partial charge on any atom is -0.481 e. The number of anilines is 2. The normalized spacial score (nSPS) is 10.6. The third-order valence-electron chi connectivity index (χ3n) is 5.30. The third kappa shape index (κ3) is 5.32. The lowest BCUT2D eigenvalue weighted by atomic mass is 10.1. The van der Waals surface area contributed by atoms with E-state index in [9.17, 15) is 9.59 Å². The molecule has 0 aliphatic rings. The second kappa shape index (κ2) is 10.0. The van der Waals surface area contributed by atoms with Crippen molar-refractivity contribution in [3.8, 4) is 17.0 Å². The smallest absolute Gasteiger partial charge is 0.343 e. The van der Waals surface area contributed by atoms with E-state index < -0.39 is 5.97 Å². The highest BCUT2D eigenvalue weighted by atomic mass is 16.6. The van der Waals surface area contributed by atoms with Gasteiger partial charge in [-0.15, -0.1) is 0 Å². The van der Waals surface area contributed by atoms with Crippen molar-refractivity contribution < 1.29 is 19.1 Å². The molecule has 34 heavy (non-hydrogen) atoms. The lowest BCUT2D eigenvalue weighted by molar-refractivity contribution is -0.142. The summed E-state index contributed by atoms with van der Waals surface area (Å²) in [5.74, 6) is -0.0268. The summed E-state index contributed by atoms with van der Waals surface area (Å²) in [4.78, 5) is 29.0. The number of amides is 2. The Morgan fingerprint density at radius 2 is 1.71 bits per heavy atom. The van der Waals surface area contributed by atoms with Crippen molar-refractivity contribution in [1.29, 1.82) is 0 Å². The first kappa shape index (κ1) is 22.8. The zero-order valence-corrected chi connectivity index (χ0v) is 19.2. The molecule has 1 aromatic heterocycles. The maximum absolute atomic E-state index is 12.6. The molecule has 0 atom stereocenters. The number of aromatic nitrogens is 1. The van der Waals surface area contributed by atoms with Crippen LogP contribution in [0.4, 0.5) is 16.2 Å². The zero-order valence-electron chi connectivity index (χ0n) is 19.2. The number of hydrogen-bond acceptors (Lipinski definition) is 5.